The average molecular weight is 445 g/mol. The van der Waals surface area contributed by atoms with Gasteiger partial charge in [0.05, 0.1) is 31.0 Å². The number of rotatable bonds is 4. The van der Waals surface area contributed by atoms with Crippen LogP contribution in [0.4, 0.5) is 13.6 Å². The number of nitrogens with zero attached hydrogens (tertiary/aromatic N) is 2. The number of hydrogen-bond acceptors (Lipinski definition) is 6. The molecule has 1 N–H and O–H groups in total. The Morgan fingerprint density at radius 2 is 1.91 bits per heavy atom. The van der Waals surface area contributed by atoms with Gasteiger partial charge in [-0.3, -0.25) is 14.8 Å². The number of alkyl carbamates (subject to hydrolysis) is 1. The Labute approximate surface area is 184 Å². The fraction of sp³-hybridized carbons (Fsp3) is 0.391. The summed E-state index contributed by atoms with van der Waals surface area (Å²) in [5.41, 5.74) is 0.514. The first-order chi connectivity index (χ1) is 15.1. The second-order valence-corrected chi connectivity index (χ2v) is 8.38. The first kappa shape index (κ1) is 23.3. The van der Waals surface area contributed by atoms with Gasteiger partial charge < -0.3 is 14.8 Å². The Hall–Kier alpha value is -3.36. The molecule has 2 atom stereocenters. The van der Waals surface area contributed by atoms with E-state index in [1.54, 1.807) is 26.8 Å². The molecule has 1 aromatic heterocycles. The largest absolute Gasteiger partial charge is 0.469 e. The van der Waals surface area contributed by atoms with E-state index in [1.807, 2.05) is 0 Å². The lowest BCUT2D eigenvalue weighted by Gasteiger charge is -2.29. The summed E-state index contributed by atoms with van der Waals surface area (Å²) in [6, 6.07) is 3.00. The average Bonchev–Trinajstić information content (AvgIpc) is 2.86. The number of fused-ring (bicyclic) bond motifs is 1. The molecule has 32 heavy (non-hydrogen) atoms. The Balaban J connectivity index is 2.12. The van der Waals surface area contributed by atoms with E-state index in [1.165, 1.54) is 31.6 Å². The van der Waals surface area contributed by atoms with Crippen molar-refractivity contribution in [3.8, 4) is 0 Å². The van der Waals surface area contributed by atoms with Crippen LogP contribution in [0, 0.1) is 11.6 Å². The van der Waals surface area contributed by atoms with E-state index in [2.05, 4.69) is 15.3 Å². The summed E-state index contributed by atoms with van der Waals surface area (Å²) in [5.74, 6) is -3.23. The molecule has 0 saturated carbocycles. The number of halogens is 2. The number of methoxy groups -OCH3 is 1. The Kier molecular flexibility index (Phi) is 6.86. The van der Waals surface area contributed by atoms with Gasteiger partial charge in [-0.1, -0.05) is 18.2 Å². The van der Waals surface area contributed by atoms with Gasteiger partial charge in [0.25, 0.3) is 0 Å². The van der Waals surface area contributed by atoms with Gasteiger partial charge in [0.2, 0.25) is 0 Å². The van der Waals surface area contributed by atoms with Crippen LogP contribution in [-0.4, -0.2) is 34.7 Å². The van der Waals surface area contributed by atoms with E-state index in [-0.39, 0.29) is 18.4 Å². The molecule has 1 aliphatic carbocycles. The highest BCUT2D eigenvalue weighted by Gasteiger charge is 2.36. The highest BCUT2D eigenvalue weighted by molar-refractivity contribution is 5.85. The summed E-state index contributed by atoms with van der Waals surface area (Å²) in [5, 5.41) is 2.75. The van der Waals surface area contributed by atoms with Crippen LogP contribution in [0.3, 0.4) is 0 Å². The lowest BCUT2D eigenvalue weighted by atomic mass is 9.87. The lowest BCUT2D eigenvalue weighted by Crippen LogP contribution is -2.38. The molecule has 1 amide bonds. The van der Waals surface area contributed by atoms with Crippen LogP contribution in [0.1, 0.15) is 62.5 Å². The van der Waals surface area contributed by atoms with Crippen LogP contribution < -0.4 is 5.32 Å². The summed E-state index contributed by atoms with van der Waals surface area (Å²) in [6.45, 7) is 5.15. The van der Waals surface area contributed by atoms with Crippen LogP contribution in [-0.2, 0) is 14.3 Å². The molecule has 3 rings (SSSR count). The number of amides is 1. The monoisotopic (exact) mass is 445 g/mol. The van der Waals surface area contributed by atoms with Crippen molar-refractivity contribution in [3.63, 3.8) is 0 Å². The summed E-state index contributed by atoms with van der Waals surface area (Å²) in [6.07, 6.45) is 3.97. The van der Waals surface area contributed by atoms with E-state index in [4.69, 9.17) is 9.47 Å². The zero-order chi connectivity index (χ0) is 23.5. The fourth-order valence-corrected chi connectivity index (χ4v) is 3.62. The van der Waals surface area contributed by atoms with Crippen molar-refractivity contribution < 1.29 is 27.8 Å². The van der Waals surface area contributed by atoms with Crippen LogP contribution in [0.15, 0.2) is 36.7 Å². The molecule has 9 heteroatoms. The van der Waals surface area contributed by atoms with Crippen molar-refractivity contribution in [1.82, 2.24) is 15.3 Å². The summed E-state index contributed by atoms with van der Waals surface area (Å²) < 4.78 is 39.0. The molecule has 0 fully saturated rings. The molecule has 1 aliphatic rings. The van der Waals surface area contributed by atoms with E-state index in [9.17, 15) is 18.4 Å². The third kappa shape index (κ3) is 5.27. The molecule has 0 radical (unpaired) electrons. The SMILES string of the molecule is COC(=O)CC1=CC[C@@H](c2cccc(F)c2F)[C@H](NC(=O)OC(C)(C)C)c2nccnc21. The van der Waals surface area contributed by atoms with Crippen LogP contribution in [0.5, 0.6) is 0 Å². The Morgan fingerprint density at radius 1 is 1.19 bits per heavy atom. The van der Waals surface area contributed by atoms with Gasteiger partial charge in [-0.05, 0) is 44.4 Å². The molecule has 0 saturated heterocycles. The maximum Gasteiger partial charge on any atom is 0.408 e. The van der Waals surface area contributed by atoms with Crippen molar-refractivity contribution in [2.45, 2.75) is 51.2 Å². The number of benzene rings is 1. The molecular formula is C23H25F2N3O4. The highest BCUT2D eigenvalue weighted by Crippen LogP contribution is 2.41. The predicted molar refractivity (Wildman–Crippen MR) is 112 cm³/mol. The predicted octanol–water partition coefficient (Wildman–Crippen LogP) is 4.45. The van der Waals surface area contributed by atoms with E-state index < -0.39 is 41.3 Å². The standard InChI is InChI=1S/C23H25F2N3O4/c1-23(2,3)32-22(30)28-20-15(14-6-5-7-16(24)18(14)25)9-8-13(12-17(29)31-4)19-21(20)27-11-10-26-19/h5-8,10-11,15,20H,9,12H2,1-4H3,(H,28,30)/t15-,20-/m0/s1. The summed E-state index contributed by atoms with van der Waals surface area (Å²) >= 11 is 0. The number of esters is 1. The number of aromatic nitrogens is 2. The zero-order valence-electron chi connectivity index (χ0n) is 18.3. The number of hydrogen-bond donors (Lipinski definition) is 1. The van der Waals surface area contributed by atoms with Crippen molar-refractivity contribution in [1.29, 1.82) is 0 Å². The third-order valence-electron chi connectivity index (χ3n) is 4.96. The smallest absolute Gasteiger partial charge is 0.408 e. The van der Waals surface area contributed by atoms with Crippen molar-refractivity contribution in [2.24, 2.45) is 0 Å². The highest BCUT2D eigenvalue weighted by atomic mass is 19.2. The number of carbonyl (C=O) groups excluding carboxylic acids is 2. The number of ether oxygens (including phenoxy) is 2. The second-order valence-electron chi connectivity index (χ2n) is 8.38. The Morgan fingerprint density at radius 3 is 2.59 bits per heavy atom. The van der Waals surface area contributed by atoms with Crippen molar-refractivity contribution in [2.75, 3.05) is 7.11 Å². The van der Waals surface area contributed by atoms with E-state index >= 15 is 0 Å². The van der Waals surface area contributed by atoms with Crippen LogP contribution >= 0.6 is 0 Å². The molecule has 0 aliphatic heterocycles. The van der Waals surface area contributed by atoms with Gasteiger partial charge >= 0.3 is 12.1 Å². The van der Waals surface area contributed by atoms with Gasteiger partial charge in [-0.2, -0.15) is 0 Å². The normalized spacial score (nSPS) is 18.1. The minimum absolute atomic E-state index is 0.0678. The molecule has 2 aromatic rings. The molecule has 170 valence electrons. The summed E-state index contributed by atoms with van der Waals surface area (Å²) in [7, 11) is 1.27. The molecule has 0 spiro atoms. The number of nitrogens with one attached hydrogen (secondary N) is 1. The van der Waals surface area contributed by atoms with Gasteiger partial charge in [-0.15, -0.1) is 0 Å². The van der Waals surface area contributed by atoms with E-state index in [0.717, 1.165) is 6.07 Å². The fourth-order valence-electron chi connectivity index (χ4n) is 3.62. The maximum atomic E-state index is 14.8. The van der Waals surface area contributed by atoms with Gasteiger partial charge in [0.15, 0.2) is 11.6 Å². The molecule has 0 bridgehead atoms. The second kappa shape index (κ2) is 9.42. The molecular weight excluding hydrogens is 420 g/mol. The third-order valence-corrected chi connectivity index (χ3v) is 4.96. The lowest BCUT2D eigenvalue weighted by molar-refractivity contribution is -0.139. The maximum absolute atomic E-state index is 14.8. The molecule has 1 heterocycles. The first-order valence-electron chi connectivity index (χ1n) is 10.1. The quantitative estimate of drug-likeness (QED) is 0.699. The summed E-state index contributed by atoms with van der Waals surface area (Å²) in [4.78, 5) is 33.3. The first-order valence-corrected chi connectivity index (χ1v) is 10.1. The van der Waals surface area contributed by atoms with Crippen molar-refractivity contribution in [3.05, 3.63) is 65.3 Å². The van der Waals surface area contributed by atoms with Gasteiger partial charge in [0.1, 0.15) is 5.60 Å². The minimum atomic E-state index is -1.01. The molecule has 7 nitrogen and oxygen atoms in total. The number of carbonyl (C=O) groups is 2. The van der Waals surface area contributed by atoms with Crippen molar-refractivity contribution >= 4 is 17.6 Å². The molecule has 1 aromatic carbocycles. The topological polar surface area (TPSA) is 90.4 Å². The van der Waals surface area contributed by atoms with Crippen LogP contribution in [0.25, 0.3) is 5.57 Å². The van der Waals surface area contributed by atoms with Gasteiger partial charge in [0, 0.05) is 18.3 Å². The zero-order valence-corrected chi connectivity index (χ0v) is 18.3. The van der Waals surface area contributed by atoms with E-state index in [0.29, 0.717) is 17.0 Å². The van der Waals surface area contributed by atoms with Crippen LogP contribution in [0.2, 0.25) is 0 Å². The molecule has 0 unspecified atom stereocenters. The minimum Gasteiger partial charge on any atom is -0.469 e. The number of allylic oxidation sites excluding steroid dienone is 1. The van der Waals surface area contributed by atoms with Gasteiger partial charge in [-0.25, -0.2) is 13.6 Å². The Bertz CT molecular complexity index is 1050.